The molecule has 0 spiro atoms. The summed E-state index contributed by atoms with van der Waals surface area (Å²) in [4.78, 5) is 23.8. The number of carbonyl (C=O) groups is 1. The van der Waals surface area contributed by atoms with Crippen LogP contribution in [0.25, 0.3) is 0 Å². The highest BCUT2D eigenvalue weighted by molar-refractivity contribution is 7.11. The SMILES string of the molecule is Cc1nc(C)c(CNC(=NCC(=O)N(C)C)NC2CCc3ccccc3C2)s1. The summed E-state index contributed by atoms with van der Waals surface area (Å²) in [6.07, 6.45) is 3.08. The second-order valence-electron chi connectivity index (χ2n) is 7.40. The van der Waals surface area contributed by atoms with Crippen molar-refractivity contribution in [1.82, 2.24) is 20.5 Å². The maximum Gasteiger partial charge on any atom is 0.243 e. The van der Waals surface area contributed by atoms with Crippen LogP contribution in [-0.2, 0) is 24.2 Å². The molecule has 1 aliphatic carbocycles. The average molecular weight is 400 g/mol. The van der Waals surface area contributed by atoms with Gasteiger partial charge < -0.3 is 15.5 Å². The van der Waals surface area contributed by atoms with E-state index >= 15 is 0 Å². The van der Waals surface area contributed by atoms with Gasteiger partial charge in [-0.05, 0) is 44.2 Å². The molecule has 6 nitrogen and oxygen atoms in total. The standard InChI is InChI=1S/C21H29N5OS/c1-14-19(28-15(2)24-14)12-22-21(23-13-20(27)26(3)4)25-18-10-9-16-7-5-6-8-17(16)11-18/h5-8,18H,9-13H2,1-4H3,(H2,22,23,25). The lowest BCUT2D eigenvalue weighted by molar-refractivity contribution is -0.127. The van der Waals surface area contributed by atoms with Crippen LogP contribution in [-0.4, -0.2) is 48.4 Å². The number of fused-ring (bicyclic) bond motifs is 1. The number of aliphatic imine (C=N–C) groups is 1. The van der Waals surface area contributed by atoms with Crippen LogP contribution in [0, 0.1) is 13.8 Å². The first-order valence-electron chi connectivity index (χ1n) is 9.67. The molecule has 150 valence electrons. The molecule has 1 atom stereocenters. The van der Waals surface area contributed by atoms with Crippen molar-refractivity contribution >= 4 is 23.2 Å². The Morgan fingerprint density at radius 1 is 1.29 bits per heavy atom. The first-order chi connectivity index (χ1) is 13.4. The number of aryl methyl sites for hydroxylation is 3. The van der Waals surface area contributed by atoms with Gasteiger partial charge in [0.15, 0.2) is 5.96 Å². The predicted molar refractivity (Wildman–Crippen MR) is 115 cm³/mol. The Morgan fingerprint density at radius 3 is 2.71 bits per heavy atom. The number of guanidine groups is 1. The fourth-order valence-electron chi connectivity index (χ4n) is 3.36. The van der Waals surface area contributed by atoms with E-state index in [0.29, 0.717) is 18.5 Å². The fraction of sp³-hybridized carbons (Fsp3) is 0.476. The molecule has 0 bridgehead atoms. The minimum absolute atomic E-state index is 0.0140. The molecule has 1 aromatic heterocycles. The van der Waals surface area contributed by atoms with Crippen molar-refractivity contribution < 1.29 is 4.79 Å². The summed E-state index contributed by atoms with van der Waals surface area (Å²) in [5.41, 5.74) is 3.87. The van der Waals surface area contributed by atoms with E-state index in [0.717, 1.165) is 30.0 Å². The third-order valence-corrected chi connectivity index (χ3v) is 6.05. The Morgan fingerprint density at radius 2 is 2.04 bits per heavy atom. The summed E-state index contributed by atoms with van der Waals surface area (Å²) in [6, 6.07) is 8.92. The molecule has 0 fully saturated rings. The molecule has 1 heterocycles. The summed E-state index contributed by atoms with van der Waals surface area (Å²) < 4.78 is 0. The van der Waals surface area contributed by atoms with Gasteiger partial charge >= 0.3 is 0 Å². The van der Waals surface area contributed by atoms with E-state index in [1.54, 1.807) is 30.3 Å². The maximum atomic E-state index is 12.0. The van der Waals surface area contributed by atoms with Crippen LogP contribution >= 0.6 is 11.3 Å². The van der Waals surface area contributed by atoms with Gasteiger partial charge in [-0.1, -0.05) is 24.3 Å². The lowest BCUT2D eigenvalue weighted by Crippen LogP contribution is -2.46. The summed E-state index contributed by atoms with van der Waals surface area (Å²) >= 11 is 1.69. The van der Waals surface area contributed by atoms with E-state index in [1.807, 2.05) is 13.8 Å². The summed E-state index contributed by atoms with van der Waals surface area (Å²) in [5, 5.41) is 8.00. The van der Waals surface area contributed by atoms with Crippen molar-refractivity contribution in [2.24, 2.45) is 4.99 Å². The number of carbonyl (C=O) groups excluding carboxylic acids is 1. The fourth-order valence-corrected chi connectivity index (χ4v) is 4.23. The molecule has 28 heavy (non-hydrogen) atoms. The second-order valence-corrected chi connectivity index (χ2v) is 8.69. The molecule has 0 saturated carbocycles. The van der Waals surface area contributed by atoms with E-state index in [4.69, 9.17) is 0 Å². The van der Waals surface area contributed by atoms with E-state index in [9.17, 15) is 4.79 Å². The molecule has 2 aromatic rings. The Bertz CT molecular complexity index is 858. The summed E-state index contributed by atoms with van der Waals surface area (Å²) in [6.45, 7) is 4.83. The van der Waals surface area contributed by atoms with Gasteiger partial charge in [-0.15, -0.1) is 11.3 Å². The lowest BCUT2D eigenvalue weighted by Gasteiger charge is -2.27. The van der Waals surface area contributed by atoms with Gasteiger partial charge in [-0.25, -0.2) is 9.98 Å². The molecular formula is C21H29N5OS. The number of nitrogens with one attached hydrogen (secondary N) is 2. The van der Waals surface area contributed by atoms with Crippen molar-refractivity contribution in [3.8, 4) is 0 Å². The van der Waals surface area contributed by atoms with E-state index in [-0.39, 0.29) is 12.5 Å². The number of hydrogen-bond donors (Lipinski definition) is 2. The minimum atomic E-state index is -0.0140. The Labute approximate surface area is 171 Å². The topological polar surface area (TPSA) is 69.6 Å². The van der Waals surface area contributed by atoms with Crippen LogP contribution in [0.3, 0.4) is 0 Å². The van der Waals surface area contributed by atoms with Gasteiger partial charge in [-0.2, -0.15) is 0 Å². The third-order valence-electron chi connectivity index (χ3n) is 4.97. The van der Waals surface area contributed by atoms with Crippen LogP contribution in [0.15, 0.2) is 29.3 Å². The van der Waals surface area contributed by atoms with Crippen molar-refractivity contribution in [2.45, 2.75) is 45.7 Å². The zero-order chi connectivity index (χ0) is 20.1. The number of hydrogen-bond acceptors (Lipinski definition) is 4. The molecule has 7 heteroatoms. The van der Waals surface area contributed by atoms with Gasteiger partial charge in [-0.3, -0.25) is 4.79 Å². The van der Waals surface area contributed by atoms with E-state index < -0.39 is 0 Å². The quantitative estimate of drug-likeness (QED) is 0.599. The van der Waals surface area contributed by atoms with Crippen LogP contribution in [0.1, 0.15) is 33.1 Å². The number of amides is 1. The van der Waals surface area contributed by atoms with E-state index in [2.05, 4.69) is 44.9 Å². The van der Waals surface area contributed by atoms with Gasteiger partial charge in [0.25, 0.3) is 0 Å². The zero-order valence-electron chi connectivity index (χ0n) is 17.1. The molecule has 0 saturated heterocycles. The third kappa shape index (κ3) is 5.32. The first-order valence-corrected chi connectivity index (χ1v) is 10.5. The first kappa shape index (κ1) is 20.3. The number of nitrogens with zero attached hydrogens (tertiary/aromatic N) is 3. The van der Waals surface area contributed by atoms with Crippen LogP contribution in [0.2, 0.25) is 0 Å². The Kier molecular flexibility index (Phi) is 6.67. The molecule has 0 radical (unpaired) electrons. The molecule has 3 rings (SSSR count). The molecular weight excluding hydrogens is 370 g/mol. The maximum absolute atomic E-state index is 12.0. The number of rotatable bonds is 5. The van der Waals surface area contributed by atoms with Crippen molar-refractivity contribution in [1.29, 1.82) is 0 Å². The predicted octanol–water partition coefficient (Wildman–Crippen LogP) is 2.44. The monoisotopic (exact) mass is 399 g/mol. The number of thiazole rings is 1. The normalized spacial score (nSPS) is 16.4. The van der Waals surface area contributed by atoms with Crippen LogP contribution < -0.4 is 10.6 Å². The van der Waals surface area contributed by atoms with Crippen LogP contribution in [0.5, 0.6) is 0 Å². The molecule has 0 aliphatic heterocycles. The van der Waals surface area contributed by atoms with Crippen molar-refractivity contribution in [3.63, 3.8) is 0 Å². The van der Waals surface area contributed by atoms with Gasteiger partial charge in [0.05, 0.1) is 17.2 Å². The summed E-state index contributed by atoms with van der Waals surface area (Å²) in [5.74, 6) is 0.671. The second kappa shape index (κ2) is 9.19. The lowest BCUT2D eigenvalue weighted by atomic mass is 9.88. The van der Waals surface area contributed by atoms with Crippen LogP contribution in [0.4, 0.5) is 0 Å². The number of likely N-dealkylation sites (N-methyl/N-ethyl adjacent to an activating group) is 1. The Balaban J connectivity index is 1.68. The molecule has 1 aliphatic rings. The van der Waals surface area contributed by atoms with Crippen molar-refractivity contribution in [2.75, 3.05) is 20.6 Å². The number of aromatic nitrogens is 1. The largest absolute Gasteiger partial charge is 0.353 e. The Hall–Kier alpha value is -2.41. The summed E-state index contributed by atoms with van der Waals surface area (Å²) in [7, 11) is 3.50. The van der Waals surface area contributed by atoms with Crippen molar-refractivity contribution in [3.05, 3.63) is 51.0 Å². The van der Waals surface area contributed by atoms with Gasteiger partial charge in [0.2, 0.25) is 5.91 Å². The highest BCUT2D eigenvalue weighted by Crippen LogP contribution is 2.21. The smallest absolute Gasteiger partial charge is 0.243 e. The molecule has 1 aromatic carbocycles. The van der Waals surface area contributed by atoms with E-state index in [1.165, 1.54) is 16.0 Å². The average Bonchev–Trinajstić information content (AvgIpc) is 3.00. The molecule has 2 N–H and O–H groups in total. The highest BCUT2D eigenvalue weighted by atomic mass is 32.1. The molecule has 1 amide bonds. The molecule has 1 unspecified atom stereocenters. The highest BCUT2D eigenvalue weighted by Gasteiger charge is 2.19. The number of benzene rings is 1. The van der Waals surface area contributed by atoms with Gasteiger partial charge in [0.1, 0.15) is 6.54 Å². The minimum Gasteiger partial charge on any atom is -0.353 e. The van der Waals surface area contributed by atoms with Gasteiger partial charge in [0, 0.05) is 25.0 Å². The zero-order valence-corrected chi connectivity index (χ0v) is 17.9.